The molecule has 1 aliphatic rings. The van der Waals surface area contributed by atoms with Gasteiger partial charge < -0.3 is 4.52 Å². The monoisotopic (exact) mass is 406 g/mol. The van der Waals surface area contributed by atoms with Crippen molar-refractivity contribution >= 4 is 21.8 Å². The lowest BCUT2D eigenvalue weighted by Gasteiger charge is -2.16. The van der Waals surface area contributed by atoms with Gasteiger partial charge in [-0.25, -0.2) is 8.42 Å². The van der Waals surface area contributed by atoms with Crippen LogP contribution in [-0.4, -0.2) is 42.8 Å². The van der Waals surface area contributed by atoms with Gasteiger partial charge >= 0.3 is 0 Å². The molecular weight excluding hydrogens is 384 g/mol. The summed E-state index contributed by atoms with van der Waals surface area (Å²) in [6, 6.07) is 5.74. The van der Waals surface area contributed by atoms with Gasteiger partial charge in [-0.05, 0) is 44.4 Å². The zero-order valence-electron chi connectivity index (χ0n) is 15.7. The van der Waals surface area contributed by atoms with E-state index in [0.29, 0.717) is 31.0 Å². The molecule has 10 heteroatoms. The van der Waals surface area contributed by atoms with E-state index >= 15 is 0 Å². The van der Waals surface area contributed by atoms with Crippen molar-refractivity contribution in [3.05, 3.63) is 46.8 Å². The van der Waals surface area contributed by atoms with Crippen LogP contribution >= 0.6 is 0 Å². The number of hydrogen-bond donors (Lipinski definition) is 2. The van der Waals surface area contributed by atoms with Gasteiger partial charge in [-0.1, -0.05) is 18.1 Å². The van der Waals surface area contributed by atoms with Gasteiger partial charge in [0.1, 0.15) is 11.3 Å². The Morgan fingerprint density at radius 3 is 2.54 bits per heavy atom. The fourth-order valence-corrected chi connectivity index (χ4v) is 4.64. The summed E-state index contributed by atoms with van der Waals surface area (Å²) < 4.78 is 31.7. The molecular formula is C18H22N4O5S. The molecule has 0 aliphatic carbocycles. The number of amides is 2. The van der Waals surface area contributed by atoms with Gasteiger partial charge in [0.05, 0.1) is 10.6 Å². The third-order valence-electron chi connectivity index (χ3n) is 4.58. The maximum absolute atomic E-state index is 12.6. The molecule has 1 fully saturated rings. The van der Waals surface area contributed by atoms with Gasteiger partial charge in [-0.3, -0.25) is 20.4 Å². The molecule has 0 unspecified atom stereocenters. The van der Waals surface area contributed by atoms with Gasteiger partial charge in [-0.15, -0.1) is 0 Å². The second-order valence-corrected chi connectivity index (χ2v) is 8.40. The lowest BCUT2D eigenvalue weighted by molar-refractivity contribution is 0.0845. The Morgan fingerprint density at radius 2 is 1.86 bits per heavy atom. The van der Waals surface area contributed by atoms with Crippen molar-refractivity contribution in [2.75, 3.05) is 13.1 Å². The molecule has 1 aromatic heterocycles. The molecule has 0 bridgehead atoms. The highest BCUT2D eigenvalue weighted by Gasteiger charge is 2.27. The van der Waals surface area contributed by atoms with Crippen LogP contribution in [0.4, 0.5) is 0 Å². The second-order valence-electron chi connectivity index (χ2n) is 6.46. The van der Waals surface area contributed by atoms with E-state index in [4.69, 9.17) is 4.52 Å². The largest absolute Gasteiger partial charge is 0.361 e. The van der Waals surface area contributed by atoms with Crippen LogP contribution in [0, 0.1) is 6.92 Å². The third-order valence-corrected chi connectivity index (χ3v) is 6.48. The minimum absolute atomic E-state index is 0.0523. The van der Waals surface area contributed by atoms with Crippen molar-refractivity contribution in [1.29, 1.82) is 0 Å². The minimum atomic E-state index is -3.63. The summed E-state index contributed by atoms with van der Waals surface area (Å²) in [6.45, 7) is 4.40. The molecule has 0 atom stereocenters. The number of nitrogens with one attached hydrogen (secondary N) is 2. The highest BCUT2D eigenvalue weighted by molar-refractivity contribution is 7.89. The molecule has 1 aliphatic heterocycles. The van der Waals surface area contributed by atoms with Crippen LogP contribution in [-0.2, 0) is 16.4 Å². The predicted octanol–water partition coefficient (Wildman–Crippen LogP) is 1.40. The topological polar surface area (TPSA) is 122 Å². The lowest BCUT2D eigenvalue weighted by atomic mass is 10.1. The predicted molar refractivity (Wildman–Crippen MR) is 100.0 cm³/mol. The Labute approximate surface area is 163 Å². The highest BCUT2D eigenvalue weighted by Crippen LogP contribution is 2.21. The number of aromatic nitrogens is 1. The standard InChI is InChI=1S/C18H22N4O5S/c1-3-15-16(12(2)27-21-15)18(24)20-19-17(23)13-7-6-8-14(11-13)28(25,26)22-9-4-5-10-22/h6-8,11H,3-5,9-10H2,1-2H3,(H,19,23)(H,20,24). The second kappa shape index (κ2) is 8.11. The molecule has 0 radical (unpaired) electrons. The van der Waals surface area contributed by atoms with Crippen molar-refractivity contribution in [2.45, 2.75) is 38.0 Å². The normalized spacial score (nSPS) is 14.8. The summed E-state index contributed by atoms with van der Waals surface area (Å²) >= 11 is 0. The van der Waals surface area contributed by atoms with Gasteiger partial charge in [0.25, 0.3) is 11.8 Å². The molecule has 1 saturated heterocycles. The number of sulfonamides is 1. The quantitative estimate of drug-likeness (QED) is 0.724. The number of benzene rings is 1. The molecule has 2 aromatic rings. The molecule has 9 nitrogen and oxygen atoms in total. The van der Waals surface area contributed by atoms with Crippen LogP contribution in [0.5, 0.6) is 0 Å². The van der Waals surface area contributed by atoms with Crippen LogP contribution in [0.3, 0.4) is 0 Å². The first-order valence-corrected chi connectivity index (χ1v) is 10.4. The fraction of sp³-hybridized carbons (Fsp3) is 0.389. The van der Waals surface area contributed by atoms with Crippen LogP contribution in [0.2, 0.25) is 0 Å². The average molecular weight is 406 g/mol. The molecule has 3 rings (SSSR count). The smallest absolute Gasteiger partial charge is 0.275 e. The summed E-state index contributed by atoms with van der Waals surface area (Å²) in [6.07, 6.45) is 2.16. The highest BCUT2D eigenvalue weighted by atomic mass is 32.2. The molecule has 150 valence electrons. The van der Waals surface area contributed by atoms with Crippen molar-refractivity contribution in [3.63, 3.8) is 0 Å². The number of carbonyl (C=O) groups excluding carboxylic acids is 2. The number of carbonyl (C=O) groups is 2. The molecule has 28 heavy (non-hydrogen) atoms. The summed E-state index contributed by atoms with van der Waals surface area (Å²) in [7, 11) is -3.63. The first-order valence-electron chi connectivity index (χ1n) is 9.00. The fourth-order valence-electron chi connectivity index (χ4n) is 3.07. The number of nitrogens with zero attached hydrogens (tertiary/aromatic N) is 2. The Morgan fingerprint density at radius 1 is 1.18 bits per heavy atom. The van der Waals surface area contributed by atoms with Crippen molar-refractivity contribution in [1.82, 2.24) is 20.3 Å². The Balaban J connectivity index is 1.71. The van der Waals surface area contributed by atoms with Gasteiger partial charge in [0.15, 0.2) is 0 Å². The van der Waals surface area contributed by atoms with E-state index in [0.717, 1.165) is 12.8 Å². The zero-order valence-corrected chi connectivity index (χ0v) is 16.5. The molecule has 1 aromatic carbocycles. The van der Waals surface area contributed by atoms with Crippen molar-refractivity contribution in [3.8, 4) is 0 Å². The maximum atomic E-state index is 12.6. The molecule has 2 heterocycles. The van der Waals surface area contributed by atoms with Crippen LogP contribution in [0.1, 0.15) is 51.9 Å². The van der Waals surface area contributed by atoms with Gasteiger partial charge in [0, 0.05) is 18.7 Å². The third kappa shape index (κ3) is 3.92. The van der Waals surface area contributed by atoms with E-state index in [9.17, 15) is 18.0 Å². The Bertz CT molecular complexity index is 993. The Kier molecular flexibility index (Phi) is 5.80. The van der Waals surface area contributed by atoms with Crippen LogP contribution < -0.4 is 10.9 Å². The maximum Gasteiger partial charge on any atom is 0.275 e. The van der Waals surface area contributed by atoms with E-state index in [1.807, 2.05) is 6.92 Å². The molecule has 2 amide bonds. The van der Waals surface area contributed by atoms with E-state index < -0.39 is 21.8 Å². The Hall–Kier alpha value is -2.72. The molecule has 2 N–H and O–H groups in total. The summed E-state index contributed by atoms with van der Waals surface area (Å²) in [5.74, 6) is -0.828. The molecule has 0 saturated carbocycles. The van der Waals surface area contributed by atoms with Crippen LogP contribution in [0.15, 0.2) is 33.7 Å². The van der Waals surface area contributed by atoms with E-state index in [1.54, 1.807) is 6.92 Å². The van der Waals surface area contributed by atoms with Crippen molar-refractivity contribution < 1.29 is 22.5 Å². The van der Waals surface area contributed by atoms with Gasteiger partial charge in [0.2, 0.25) is 10.0 Å². The van der Waals surface area contributed by atoms with E-state index in [1.165, 1.54) is 28.6 Å². The first-order chi connectivity index (χ1) is 13.3. The van der Waals surface area contributed by atoms with E-state index in [-0.39, 0.29) is 16.0 Å². The average Bonchev–Trinajstić information content (AvgIpc) is 3.36. The minimum Gasteiger partial charge on any atom is -0.361 e. The zero-order chi connectivity index (χ0) is 20.3. The van der Waals surface area contributed by atoms with Crippen LogP contribution in [0.25, 0.3) is 0 Å². The number of rotatable bonds is 5. The summed E-state index contributed by atoms with van der Waals surface area (Å²) in [5, 5.41) is 3.80. The number of aryl methyl sites for hydroxylation is 2. The molecule has 0 spiro atoms. The van der Waals surface area contributed by atoms with Gasteiger partial charge in [-0.2, -0.15) is 4.31 Å². The summed E-state index contributed by atoms with van der Waals surface area (Å²) in [5.41, 5.74) is 5.49. The number of hydrogen-bond acceptors (Lipinski definition) is 6. The van der Waals surface area contributed by atoms with Crippen molar-refractivity contribution in [2.24, 2.45) is 0 Å². The summed E-state index contributed by atoms with van der Waals surface area (Å²) in [4.78, 5) is 24.8. The lowest BCUT2D eigenvalue weighted by Crippen LogP contribution is -2.42. The number of hydrazine groups is 1. The first kappa shape index (κ1) is 20.0. The van der Waals surface area contributed by atoms with E-state index in [2.05, 4.69) is 16.0 Å². The SMILES string of the molecule is CCc1noc(C)c1C(=O)NNC(=O)c1cccc(S(=O)(=O)N2CCCC2)c1.